The monoisotopic (exact) mass is 263 g/mol. The zero-order valence-electron chi connectivity index (χ0n) is 9.92. The lowest BCUT2D eigenvalue weighted by Gasteiger charge is -2.07. The van der Waals surface area contributed by atoms with Gasteiger partial charge >= 0.3 is 0 Å². The van der Waals surface area contributed by atoms with E-state index in [4.69, 9.17) is 0 Å². The molecule has 0 aromatic carbocycles. The van der Waals surface area contributed by atoms with E-state index < -0.39 is 4.92 Å². The summed E-state index contributed by atoms with van der Waals surface area (Å²) in [7, 11) is 0. The standard InChI is InChI=1S/C12H13N3O2S/c1-9-6-11(15(16)17)7-14-12(9)13-4-2-10-3-5-18-8-10/h3,5-8H,2,4H2,1H3,(H,13,14). The van der Waals surface area contributed by atoms with Crippen molar-refractivity contribution in [3.63, 3.8) is 0 Å². The normalized spacial score (nSPS) is 10.3. The Kier molecular flexibility index (Phi) is 3.88. The average Bonchev–Trinajstić information content (AvgIpc) is 2.84. The van der Waals surface area contributed by atoms with E-state index in [0.717, 1.165) is 18.5 Å². The Morgan fingerprint density at radius 2 is 2.39 bits per heavy atom. The molecule has 0 fully saturated rings. The van der Waals surface area contributed by atoms with Crippen LogP contribution in [0.25, 0.3) is 0 Å². The highest BCUT2D eigenvalue weighted by Gasteiger charge is 2.08. The first-order chi connectivity index (χ1) is 8.66. The molecule has 0 aliphatic heterocycles. The van der Waals surface area contributed by atoms with Crippen LogP contribution in [-0.4, -0.2) is 16.5 Å². The summed E-state index contributed by atoms with van der Waals surface area (Å²) in [5.41, 5.74) is 2.09. The van der Waals surface area contributed by atoms with Gasteiger partial charge in [-0.2, -0.15) is 11.3 Å². The molecule has 18 heavy (non-hydrogen) atoms. The second-order valence-corrected chi connectivity index (χ2v) is 4.70. The van der Waals surface area contributed by atoms with E-state index in [0.29, 0.717) is 5.82 Å². The molecule has 0 aliphatic carbocycles. The quantitative estimate of drug-likeness (QED) is 0.665. The lowest BCUT2D eigenvalue weighted by Crippen LogP contribution is -2.07. The second-order valence-electron chi connectivity index (χ2n) is 3.92. The van der Waals surface area contributed by atoms with Gasteiger partial charge in [-0.3, -0.25) is 10.1 Å². The van der Waals surface area contributed by atoms with Gasteiger partial charge in [0.2, 0.25) is 0 Å². The van der Waals surface area contributed by atoms with Crippen molar-refractivity contribution in [2.75, 3.05) is 11.9 Å². The summed E-state index contributed by atoms with van der Waals surface area (Å²) in [6.07, 6.45) is 2.20. The van der Waals surface area contributed by atoms with Crippen LogP contribution >= 0.6 is 11.3 Å². The summed E-state index contributed by atoms with van der Waals surface area (Å²) in [6, 6.07) is 3.61. The summed E-state index contributed by atoms with van der Waals surface area (Å²) in [5.74, 6) is 0.704. The molecular formula is C12H13N3O2S. The van der Waals surface area contributed by atoms with Gasteiger partial charge in [0.1, 0.15) is 12.0 Å². The van der Waals surface area contributed by atoms with E-state index in [1.807, 2.05) is 12.3 Å². The van der Waals surface area contributed by atoms with Crippen LogP contribution in [0.2, 0.25) is 0 Å². The molecule has 0 spiro atoms. The predicted octanol–water partition coefficient (Wildman–Crippen LogP) is 3.01. The summed E-state index contributed by atoms with van der Waals surface area (Å²) < 4.78 is 0. The second kappa shape index (κ2) is 5.59. The predicted molar refractivity (Wildman–Crippen MR) is 72.1 cm³/mol. The number of nitrogens with zero attached hydrogens (tertiary/aromatic N) is 2. The number of nitrogens with one attached hydrogen (secondary N) is 1. The zero-order chi connectivity index (χ0) is 13.0. The number of anilines is 1. The molecule has 2 aromatic heterocycles. The van der Waals surface area contributed by atoms with E-state index in [9.17, 15) is 10.1 Å². The van der Waals surface area contributed by atoms with Crippen molar-refractivity contribution in [3.8, 4) is 0 Å². The molecule has 0 saturated heterocycles. The smallest absolute Gasteiger partial charge is 0.287 e. The number of aryl methyl sites for hydroxylation is 1. The van der Waals surface area contributed by atoms with Gasteiger partial charge in [0, 0.05) is 12.6 Å². The summed E-state index contributed by atoms with van der Waals surface area (Å²) in [5, 5.41) is 17.9. The third-order valence-corrected chi connectivity index (χ3v) is 3.29. The Hall–Kier alpha value is -1.95. The fourth-order valence-corrected chi connectivity index (χ4v) is 2.31. The number of pyridine rings is 1. The Balaban J connectivity index is 1.95. The molecule has 0 radical (unpaired) electrons. The Labute approximate surface area is 109 Å². The molecule has 1 N–H and O–H groups in total. The molecule has 0 unspecified atom stereocenters. The van der Waals surface area contributed by atoms with Gasteiger partial charge in [0.05, 0.1) is 4.92 Å². The minimum atomic E-state index is -0.435. The van der Waals surface area contributed by atoms with E-state index in [1.165, 1.54) is 17.8 Å². The van der Waals surface area contributed by atoms with Gasteiger partial charge in [0.15, 0.2) is 0 Å². The van der Waals surface area contributed by atoms with Gasteiger partial charge in [-0.05, 0) is 41.3 Å². The van der Waals surface area contributed by atoms with Crippen molar-refractivity contribution in [2.24, 2.45) is 0 Å². The van der Waals surface area contributed by atoms with Crippen molar-refractivity contribution in [3.05, 3.63) is 50.3 Å². The number of aromatic nitrogens is 1. The van der Waals surface area contributed by atoms with Gasteiger partial charge < -0.3 is 5.32 Å². The molecule has 94 valence electrons. The Bertz CT molecular complexity index is 540. The van der Waals surface area contributed by atoms with Crippen molar-refractivity contribution in [2.45, 2.75) is 13.3 Å². The highest BCUT2D eigenvalue weighted by Crippen LogP contribution is 2.18. The zero-order valence-corrected chi connectivity index (χ0v) is 10.7. The van der Waals surface area contributed by atoms with Crippen molar-refractivity contribution in [1.82, 2.24) is 4.98 Å². The van der Waals surface area contributed by atoms with Crippen LogP contribution in [0.15, 0.2) is 29.1 Å². The van der Waals surface area contributed by atoms with E-state index >= 15 is 0 Å². The van der Waals surface area contributed by atoms with Crippen LogP contribution in [0, 0.1) is 17.0 Å². The minimum Gasteiger partial charge on any atom is -0.370 e. The van der Waals surface area contributed by atoms with Crippen LogP contribution in [-0.2, 0) is 6.42 Å². The van der Waals surface area contributed by atoms with Gasteiger partial charge in [0.25, 0.3) is 5.69 Å². The SMILES string of the molecule is Cc1cc([N+](=O)[O-])cnc1NCCc1ccsc1. The van der Waals surface area contributed by atoms with Gasteiger partial charge in [-0.1, -0.05) is 0 Å². The molecule has 0 amide bonds. The number of thiophene rings is 1. The van der Waals surface area contributed by atoms with Gasteiger partial charge in [-0.25, -0.2) is 4.98 Å². The maximum Gasteiger partial charge on any atom is 0.287 e. The molecule has 0 aliphatic rings. The maximum atomic E-state index is 10.6. The summed E-state index contributed by atoms with van der Waals surface area (Å²) in [4.78, 5) is 14.2. The van der Waals surface area contributed by atoms with E-state index in [-0.39, 0.29) is 5.69 Å². The topological polar surface area (TPSA) is 68.1 Å². The molecule has 0 atom stereocenters. The van der Waals surface area contributed by atoms with Crippen LogP contribution in [0.1, 0.15) is 11.1 Å². The first-order valence-corrected chi connectivity index (χ1v) is 6.47. The summed E-state index contributed by atoms with van der Waals surface area (Å²) >= 11 is 1.68. The molecule has 2 rings (SSSR count). The third kappa shape index (κ3) is 3.04. The van der Waals surface area contributed by atoms with Crippen molar-refractivity contribution < 1.29 is 4.92 Å². The number of rotatable bonds is 5. The number of hydrogen-bond donors (Lipinski definition) is 1. The molecular weight excluding hydrogens is 250 g/mol. The van der Waals surface area contributed by atoms with Crippen LogP contribution in [0.4, 0.5) is 11.5 Å². The minimum absolute atomic E-state index is 0.0240. The molecule has 5 nitrogen and oxygen atoms in total. The lowest BCUT2D eigenvalue weighted by atomic mass is 10.2. The van der Waals surface area contributed by atoms with E-state index in [2.05, 4.69) is 21.7 Å². The Morgan fingerprint density at radius 3 is 3.00 bits per heavy atom. The van der Waals surface area contributed by atoms with E-state index in [1.54, 1.807) is 11.3 Å². The average molecular weight is 263 g/mol. The molecule has 0 saturated carbocycles. The van der Waals surface area contributed by atoms with Crippen molar-refractivity contribution in [1.29, 1.82) is 0 Å². The number of nitro groups is 1. The largest absolute Gasteiger partial charge is 0.370 e. The fraction of sp³-hybridized carbons (Fsp3) is 0.250. The first kappa shape index (κ1) is 12.5. The molecule has 2 aromatic rings. The summed E-state index contributed by atoms with van der Waals surface area (Å²) in [6.45, 7) is 2.58. The Morgan fingerprint density at radius 1 is 1.56 bits per heavy atom. The molecule has 2 heterocycles. The maximum absolute atomic E-state index is 10.6. The van der Waals surface area contributed by atoms with Crippen LogP contribution < -0.4 is 5.32 Å². The lowest BCUT2D eigenvalue weighted by molar-refractivity contribution is -0.385. The van der Waals surface area contributed by atoms with Crippen molar-refractivity contribution >= 4 is 22.8 Å². The third-order valence-electron chi connectivity index (χ3n) is 2.56. The molecule has 0 bridgehead atoms. The van der Waals surface area contributed by atoms with Crippen LogP contribution in [0.3, 0.4) is 0 Å². The highest BCUT2D eigenvalue weighted by atomic mass is 32.1. The molecule has 6 heteroatoms. The van der Waals surface area contributed by atoms with Gasteiger partial charge in [-0.15, -0.1) is 0 Å². The van der Waals surface area contributed by atoms with Crippen LogP contribution in [0.5, 0.6) is 0 Å². The number of hydrogen-bond acceptors (Lipinski definition) is 5. The fourth-order valence-electron chi connectivity index (χ4n) is 1.61. The highest BCUT2D eigenvalue weighted by molar-refractivity contribution is 7.07. The first-order valence-electron chi connectivity index (χ1n) is 5.53.